The number of aromatic nitrogens is 1. The molecule has 3 aromatic rings. The molecular weight excluding hydrogens is 396 g/mol. The summed E-state index contributed by atoms with van der Waals surface area (Å²) < 4.78 is 32.7. The van der Waals surface area contributed by atoms with E-state index < -0.39 is 9.84 Å². The molecule has 1 fully saturated rings. The van der Waals surface area contributed by atoms with E-state index in [-0.39, 0.29) is 9.92 Å². The van der Waals surface area contributed by atoms with Gasteiger partial charge in [0.1, 0.15) is 0 Å². The number of benzene rings is 2. The summed E-state index contributed by atoms with van der Waals surface area (Å²) in [7, 11) is -3.84. The van der Waals surface area contributed by atoms with Crippen LogP contribution in [0.15, 0.2) is 62.9 Å². The van der Waals surface area contributed by atoms with Gasteiger partial charge in [0.05, 0.1) is 4.90 Å². The summed E-state index contributed by atoms with van der Waals surface area (Å²) in [6.45, 7) is 3.49. The second kappa shape index (κ2) is 7.60. The molecule has 2 aromatic carbocycles. The highest BCUT2D eigenvalue weighted by Gasteiger charge is 2.32. The molecule has 0 saturated carbocycles. The Bertz CT molecular complexity index is 1090. The highest BCUT2D eigenvalue weighted by atomic mass is 35.5. The van der Waals surface area contributed by atoms with Crippen LogP contribution in [0.4, 0.5) is 5.88 Å². The number of anilines is 1. The summed E-state index contributed by atoms with van der Waals surface area (Å²) in [5.41, 5.74) is 1.81. The minimum atomic E-state index is -3.84. The molecule has 0 spiro atoms. The monoisotopic (exact) mass is 416 g/mol. The molecule has 1 aliphatic rings. The summed E-state index contributed by atoms with van der Waals surface area (Å²) in [6, 6.07) is 13.8. The van der Waals surface area contributed by atoms with Gasteiger partial charge in [0, 0.05) is 23.7 Å². The fourth-order valence-corrected chi connectivity index (χ4v) is 4.84. The zero-order chi connectivity index (χ0) is 19.7. The molecule has 0 unspecified atom stereocenters. The Balaban J connectivity index is 1.85. The number of piperidine rings is 1. The molecule has 0 aliphatic carbocycles. The fraction of sp³-hybridized carbons (Fsp3) is 0.286. The van der Waals surface area contributed by atoms with E-state index in [0.717, 1.165) is 43.5 Å². The molecule has 28 heavy (non-hydrogen) atoms. The van der Waals surface area contributed by atoms with Crippen LogP contribution in [0.25, 0.3) is 11.5 Å². The number of nitrogens with zero attached hydrogens (tertiary/aromatic N) is 2. The molecule has 0 amide bonds. The quantitative estimate of drug-likeness (QED) is 0.590. The van der Waals surface area contributed by atoms with Gasteiger partial charge in [0.25, 0.3) is 0 Å². The van der Waals surface area contributed by atoms with Crippen molar-refractivity contribution >= 4 is 27.3 Å². The standard InChI is InChI=1S/C21H21ClN2O3S/c1-15-6-5-7-16(14-15)19-23-20(21(27-19)24-12-3-2-4-13-24)28(25,26)18-10-8-17(22)9-11-18/h5-11,14H,2-4,12-13H2,1H3. The van der Waals surface area contributed by atoms with Crippen molar-refractivity contribution in [2.45, 2.75) is 36.1 Å². The Hall–Kier alpha value is -2.31. The van der Waals surface area contributed by atoms with Crippen LogP contribution in [-0.2, 0) is 9.84 Å². The van der Waals surface area contributed by atoms with Crippen molar-refractivity contribution in [2.24, 2.45) is 0 Å². The van der Waals surface area contributed by atoms with Gasteiger partial charge in [-0.15, -0.1) is 0 Å². The van der Waals surface area contributed by atoms with E-state index in [1.807, 2.05) is 36.1 Å². The van der Waals surface area contributed by atoms with Gasteiger partial charge in [-0.3, -0.25) is 0 Å². The van der Waals surface area contributed by atoms with Crippen molar-refractivity contribution in [3.63, 3.8) is 0 Å². The van der Waals surface area contributed by atoms with E-state index in [9.17, 15) is 8.42 Å². The van der Waals surface area contributed by atoms with Crippen molar-refractivity contribution in [2.75, 3.05) is 18.0 Å². The second-order valence-electron chi connectivity index (χ2n) is 7.00. The van der Waals surface area contributed by atoms with Gasteiger partial charge in [-0.25, -0.2) is 8.42 Å². The Morgan fingerprint density at radius 3 is 2.43 bits per heavy atom. The van der Waals surface area contributed by atoms with Crippen molar-refractivity contribution < 1.29 is 12.8 Å². The highest BCUT2D eigenvalue weighted by molar-refractivity contribution is 7.91. The molecule has 4 rings (SSSR count). The van der Waals surface area contributed by atoms with E-state index in [4.69, 9.17) is 16.0 Å². The average molecular weight is 417 g/mol. The van der Waals surface area contributed by atoms with Crippen LogP contribution in [-0.4, -0.2) is 26.5 Å². The van der Waals surface area contributed by atoms with Crippen LogP contribution in [0.5, 0.6) is 0 Å². The first-order valence-corrected chi connectivity index (χ1v) is 11.1. The number of aryl methyl sites for hydroxylation is 1. The smallest absolute Gasteiger partial charge is 0.236 e. The van der Waals surface area contributed by atoms with Gasteiger partial charge in [0.2, 0.25) is 26.6 Å². The minimum absolute atomic E-state index is 0.0340. The lowest BCUT2D eigenvalue weighted by Crippen LogP contribution is -2.30. The van der Waals surface area contributed by atoms with Gasteiger partial charge in [-0.2, -0.15) is 4.98 Å². The number of hydrogen-bond acceptors (Lipinski definition) is 5. The molecule has 0 radical (unpaired) electrons. The topological polar surface area (TPSA) is 63.4 Å². The number of hydrogen-bond donors (Lipinski definition) is 0. The zero-order valence-corrected chi connectivity index (χ0v) is 17.1. The molecule has 146 valence electrons. The van der Waals surface area contributed by atoms with Crippen molar-refractivity contribution in [1.29, 1.82) is 0 Å². The molecule has 1 aliphatic heterocycles. The van der Waals surface area contributed by atoms with E-state index in [1.54, 1.807) is 12.1 Å². The predicted octanol–water partition coefficient (Wildman–Crippen LogP) is 5.13. The van der Waals surface area contributed by atoms with Gasteiger partial charge < -0.3 is 9.32 Å². The molecule has 0 bridgehead atoms. The summed E-state index contributed by atoms with van der Waals surface area (Å²) in [5.74, 6) is 0.642. The first-order chi connectivity index (χ1) is 13.4. The van der Waals surface area contributed by atoms with Crippen molar-refractivity contribution in [1.82, 2.24) is 4.98 Å². The van der Waals surface area contributed by atoms with Gasteiger partial charge in [0.15, 0.2) is 0 Å². The fourth-order valence-electron chi connectivity index (χ4n) is 3.40. The van der Waals surface area contributed by atoms with E-state index in [0.29, 0.717) is 16.8 Å². The minimum Gasteiger partial charge on any atom is -0.419 e. The summed E-state index contributed by atoms with van der Waals surface area (Å²) in [5, 5.41) is 0.448. The third-order valence-corrected chi connectivity index (χ3v) is 6.79. The maximum Gasteiger partial charge on any atom is 0.236 e. The maximum atomic E-state index is 13.3. The molecular formula is C21H21ClN2O3S. The molecule has 7 heteroatoms. The first-order valence-electron chi connectivity index (χ1n) is 9.28. The molecule has 0 atom stereocenters. The Kier molecular flexibility index (Phi) is 5.17. The van der Waals surface area contributed by atoms with Crippen LogP contribution >= 0.6 is 11.6 Å². The maximum absolute atomic E-state index is 13.3. The second-order valence-corrected chi connectivity index (χ2v) is 9.31. The number of rotatable bonds is 4. The molecule has 2 heterocycles. The van der Waals surface area contributed by atoms with Crippen LogP contribution < -0.4 is 4.90 Å². The summed E-state index contributed by atoms with van der Waals surface area (Å²) in [6.07, 6.45) is 3.14. The summed E-state index contributed by atoms with van der Waals surface area (Å²) >= 11 is 5.92. The van der Waals surface area contributed by atoms with Crippen LogP contribution in [0.1, 0.15) is 24.8 Å². The van der Waals surface area contributed by atoms with Gasteiger partial charge >= 0.3 is 0 Å². The zero-order valence-electron chi connectivity index (χ0n) is 15.6. The normalized spacial score (nSPS) is 15.0. The molecule has 5 nitrogen and oxygen atoms in total. The van der Waals surface area contributed by atoms with Crippen LogP contribution in [0, 0.1) is 6.92 Å². The SMILES string of the molecule is Cc1cccc(-c2nc(S(=O)(=O)c3ccc(Cl)cc3)c(N3CCCCC3)o2)c1. The largest absolute Gasteiger partial charge is 0.419 e. The lowest BCUT2D eigenvalue weighted by atomic mass is 10.1. The van der Waals surface area contributed by atoms with Crippen LogP contribution in [0.3, 0.4) is 0 Å². The predicted molar refractivity (Wildman–Crippen MR) is 110 cm³/mol. The van der Waals surface area contributed by atoms with Gasteiger partial charge in [-0.05, 0) is 62.6 Å². The lowest BCUT2D eigenvalue weighted by Gasteiger charge is -2.26. The number of sulfone groups is 1. The summed E-state index contributed by atoms with van der Waals surface area (Å²) in [4.78, 5) is 6.57. The van der Waals surface area contributed by atoms with E-state index in [2.05, 4.69) is 4.98 Å². The Labute approximate surface area is 169 Å². The van der Waals surface area contributed by atoms with Crippen molar-refractivity contribution in [3.05, 3.63) is 59.1 Å². The van der Waals surface area contributed by atoms with E-state index >= 15 is 0 Å². The first kappa shape index (κ1) is 19.0. The van der Waals surface area contributed by atoms with E-state index in [1.165, 1.54) is 12.1 Å². The van der Waals surface area contributed by atoms with Gasteiger partial charge in [-0.1, -0.05) is 29.3 Å². The average Bonchev–Trinajstić information content (AvgIpc) is 3.15. The highest BCUT2D eigenvalue weighted by Crippen LogP contribution is 2.36. The van der Waals surface area contributed by atoms with Crippen molar-refractivity contribution in [3.8, 4) is 11.5 Å². The molecule has 1 saturated heterocycles. The third-order valence-electron chi connectivity index (χ3n) is 4.87. The molecule has 0 N–H and O–H groups in total. The molecule has 1 aromatic heterocycles. The lowest BCUT2D eigenvalue weighted by molar-refractivity contribution is 0.499. The number of halogens is 1. The third kappa shape index (κ3) is 3.66. The Morgan fingerprint density at radius 1 is 1.04 bits per heavy atom. The Morgan fingerprint density at radius 2 is 1.75 bits per heavy atom. The number of oxazole rings is 1. The van der Waals surface area contributed by atoms with Crippen LogP contribution in [0.2, 0.25) is 5.02 Å².